The average Bonchev–Trinajstić information content (AvgIpc) is 2.44. The molecule has 0 aromatic carbocycles. The summed E-state index contributed by atoms with van der Waals surface area (Å²) in [6.45, 7) is 9.43. The first-order valence-corrected chi connectivity index (χ1v) is 24.7. The SMILES string of the molecule is C/C=C/[CH]([Ge]([CH3])([CH3])[CH3])[Sn]([CH2]CCC)([CH2]CCC)[CH2]CCC. The molecule has 0 spiro atoms. The Hall–Kier alpha value is 1.08. The minimum absolute atomic E-state index is 1.11. The standard InChI is InChI=1S/C7H15Ge.3C4H9.Sn/c1-5-6-7-8(2,3)4;3*1-3-4-2;/h5-7H,1-4H3;3*1,3-4H2,2H3;/b6-5+;;;;. The van der Waals surface area contributed by atoms with Crippen LogP contribution in [-0.2, 0) is 0 Å². The van der Waals surface area contributed by atoms with Crippen LogP contribution in [0.2, 0.25) is 33.3 Å². The van der Waals surface area contributed by atoms with Crippen LogP contribution in [0.3, 0.4) is 0 Å². The molecule has 0 heterocycles. The zero-order valence-electron chi connectivity index (χ0n) is 16.1. The zero-order chi connectivity index (χ0) is 16.4. The molecule has 0 amide bonds. The predicted octanol–water partition coefficient (Wildman–Crippen LogP) is 7.66. The summed E-state index contributed by atoms with van der Waals surface area (Å²) in [6, 6.07) is 0. The van der Waals surface area contributed by atoms with Gasteiger partial charge in [-0.25, -0.2) is 0 Å². The number of unbranched alkanes of at least 4 members (excludes halogenated alkanes) is 3. The molecular formula is C19H42GeSn. The molecule has 1 atom stereocenters. The quantitative estimate of drug-likeness (QED) is 0.207. The van der Waals surface area contributed by atoms with E-state index in [0.717, 1.165) is 2.77 Å². The van der Waals surface area contributed by atoms with Gasteiger partial charge < -0.3 is 0 Å². The monoisotopic (exact) mass is 464 g/mol. The summed E-state index contributed by atoms with van der Waals surface area (Å²) in [5, 5.41) is 0. The van der Waals surface area contributed by atoms with Gasteiger partial charge in [0.05, 0.1) is 0 Å². The van der Waals surface area contributed by atoms with E-state index in [1.165, 1.54) is 38.5 Å². The summed E-state index contributed by atoms with van der Waals surface area (Å²) >= 11 is -3.67. The fraction of sp³-hybridized carbons (Fsp3) is 0.895. The topological polar surface area (TPSA) is 0 Å². The second-order valence-corrected chi connectivity index (χ2v) is 36.6. The molecule has 1 unspecified atom stereocenters. The Morgan fingerprint density at radius 3 is 1.43 bits per heavy atom. The number of allylic oxidation sites excluding steroid dienone is 2. The maximum atomic E-state index is 2.71. The van der Waals surface area contributed by atoms with Crippen LogP contribution in [0.25, 0.3) is 0 Å². The summed E-state index contributed by atoms with van der Waals surface area (Å²) in [7, 11) is 0. The number of hydrogen-bond donors (Lipinski definition) is 0. The summed E-state index contributed by atoms with van der Waals surface area (Å²) in [6.07, 6.45) is 13.8. The van der Waals surface area contributed by atoms with Gasteiger partial charge in [0, 0.05) is 0 Å². The molecule has 0 N–H and O–H groups in total. The normalized spacial score (nSPS) is 14.8. The van der Waals surface area contributed by atoms with E-state index in [1.807, 2.05) is 0 Å². The van der Waals surface area contributed by atoms with E-state index >= 15 is 0 Å². The van der Waals surface area contributed by atoms with Crippen LogP contribution < -0.4 is 0 Å². The van der Waals surface area contributed by atoms with Gasteiger partial charge in [0.1, 0.15) is 0 Å². The molecule has 0 aliphatic heterocycles. The van der Waals surface area contributed by atoms with Crippen molar-refractivity contribution < 1.29 is 0 Å². The molecule has 0 saturated heterocycles. The Morgan fingerprint density at radius 2 is 1.19 bits per heavy atom. The Balaban J connectivity index is 5.51. The molecule has 2 heteroatoms. The fourth-order valence-electron chi connectivity index (χ4n) is 4.03. The molecule has 0 aromatic heterocycles. The molecule has 0 aliphatic carbocycles. The number of rotatable bonds is 12. The Labute approximate surface area is 142 Å². The Kier molecular flexibility index (Phi) is 12.2. The van der Waals surface area contributed by atoms with Crippen LogP contribution in [0, 0.1) is 0 Å². The second-order valence-electron chi connectivity index (χ2n) is 8.04. The maximum absolute atomic E-state index is 2.71. The average molecular weight is 462 g/mol. The van der Waals surface area contributed by atoms with Crippen molar-refractivity contribution in [2.45, 2.75) is 99.6 Å². The third kappa shape index (κ3) is 7.95. The minimum atomic E-state index is -2.04. The van der Waals surface area contributed by atoms with Gasteiger partial charge >= 0.3 is 143 Å². The molecule has 126 valence electrons. The van der Waals surface area contributed by atoms with E-state index in [-0.39, 0.29) is 0 Å². The molecular weight excluding hydrogens is 420 g/mol. The summed E-state index contributed by atoms with van der Waals surface area (Å²) < 4.78 is 6.11. The van der Waals surface area contributed by atoms with Gasteiger partial charge in [-0.15, -0.1) is 0 Å². The van der Waals surface area contributed by atoms with Gasteiger partial charge in [0.2, 0.25) is 0 Å². The Bertz CT molecular complexity index is 256. The summed E-state index contributed by atoms with van der Waals surface area (Å²) in [4.78, 5) is 0. The molecule has 0 fully saturated rings. The van der Waals surface area contributed by atoms with Gasteiger partial charge in [-0.05, 0) is 0 Å². The summed E-state index contributed by atoms with van der Waals surface area (Å²) in [5.74, 6) is 8.04. The fourth-order valence-corrected chi connectivity index (χ4v) is 58.4. The first kappa shape index (κ1) is 22.1. The van der Waals surface area contributed by atoms with Crippen molar-refractivity contribution >= 4 is 31.6 Å². The molecule has 0 saturated carbocycles. The van der Waals surface area contributed by atoms with Crippen LogP contribution >= 0.6 is 0 Å². The van der Waals surface area contributed by atoms with E-state index in [2.05, 4.69) is 57.1 Å². The van der Waals surface area contributed by atoms with E-state index < -0.39 is 31.6 Å². The van der Waals surface area contributed by atoms with Crippen molar-refractivity contribution in [2.75, 3.05) is 0 Å². The van der Waals surface area contributed by atoms with E-state index in [4.69, 9.17) is 0 Å². The molecule has 0 nitrogen and oxygen atoms in total. The van der Waals surface area contributed by atoms with Crippen molar-refractivity contribution in [1.82, 2.24) is 0 Å². The van der Waals surface area contributed by atoms with Crippen LogP contribution in [0.1, 0.15) is 66.2 Å². The first-order valence-electron chi connectivity index (χ1n) is 9.50. The van der Waals surface area contributed by atoms with Crippen molar-refractivity contribution in [3.05, 3.63) is 12.2 Å². The molecule has 0 aromatic rings. The van der Waals surface area contributed by atoms with Crippen LogP contribution in [0.4, 0.5) is 0 Å². The van der Waals surface area contributed by atoms with Crippen LogP contribution in [0.5, 0.6) is 0 Å². The van der Waals surface area contributed by atoms with E-state index in [0.29, 0.717) is 0 Å². The number of hydrogen-bond acceptors (Lipinski definition) is 0. The van der Waals surface area contributed by atoms with Gasteiger partial charge in [0.25, 0.3) is 0 Å². The van der Waals surface area contributed by atoms with Gasteiger partial charge in [-0.2, -0.15) is 0 Å². The summed E-state index contributed by atoms with van der Waals surface area (Å²) in [5.41, 5.74) is 0. The van der Waals surface area contributed by atoms with E-state index in [9.17, 15) is 0 Å². The van der Waals surface area contributed by atoms with Gasteiger partial charge in [-0.1, -0.05) is 0 Å². The second kappa shape index (κ2) is 11.6. The molecule has 0 radical (unpaired) electrons. The molecule has 0 rings (SSSR count). The van der Waals surface area contributed by atoms with Gasteiger partial charge in [-0.3, -0.25) is 0 Å². The van der Waals surface area contributed by atoms with Crippen molar-refractivity contribution in [3.63, 3.8) is 0 Å². The zero-order valence-corrected chi connectivity index (χ0v) is 21.0. The molecule has 0 aliphatic rings. The van der Waals surface area contributed by atoms with Crippen molar-refractivity contribution in [2.24, 2.45) is 0 Å². The predicted molar refractivity (Wildman–Crippen MR) is 107 cm³/mol. The first-order chi connectivity index (χ1) is 9.87. The van der Waals surface area contributed by atoms with Crippen molar-refractivity contribution in [3.8, 4) is 0 Å². The van der Waals surface area contributed by atoms with Crippen molar-refractivity contribution in [1.29, 1.82) is 0 Å². The van der Waals surface area contributed by atoms with E-state index in [1.54, 1.807) is 13.3 Å². The molecule has 21 heavy (non-hydrogen) atoms. The van der Waals surface area contributed by atoms with Gasteiger partial charge in [0.15, 0.2) is 0 Å². The third-order valence-corrected chi connectivity index (χ3v) is 46.7. The van der Waals surface area contributed by atoms with Crippen LogP contribution in [-0.4, -0.2) is 31.6 Å². The third-order valence-electron chi connectivity index (χ3n) is 5.06. The molecule has 0 bridgehead atoms. The Morgan fingerprint density at radius 1 is 0.810 bits per heavy atom. The van der Waals surface area contributed by atoms with Crippen LogP contribution in [0.15, 0.2) is 12.2 Å².